The Hall–Kier alpha value is -3.20. The summed E-state index contributed by atoms with van der Waals surface area (Å²) in [5.74, 6) is 0.983. The Morgan fingerprint density at radius 3 is 1.89 bits per heavy atom. The number of hydrogen-bond donors (Lipinski definition) is 0. The Kier molecular flexibility index (Phi) is 4.59. The van der Waals surface area contributed by atoms with Crippen LogP contribution < -0.4 is 0 Å². The highest BCUT2D eigenvalue weighted by molar-refractivity contribution is 5.84. The van der Waals surface area contributed by atoms with Crippen molar-refractivity contribution in [1.29, 1.82) is 0 Å². The number of para-hydroxylation sites is 2. The average molecular weight is 354 g/mol. The zero-order chi connectivity index (χ0) is 18.8. The van der Waals surface area contributed by atoms with Crippen molar-refractivity contribution in [2.75, 3.05) is 0 Å². The van der Waals surface area contributed by atoms with Crippen molar-refractivity contribution in [3.63, 3.8) is 0 Å². The normalized spacial score (nSPS) is 12.4. The molecule has 0 saturated heterocycles. The summed E-state index contributed by atoms with van der Waals surface area (Å²) in [6.07, 6.45) is 0. The number of hydrogen-bond acceptors (Lipinski definition) is 2. The van der Waals surface area contributed by atoms with E-state index in [4.69, 9.17) is 4.98 Å². The van der Waals surface area contributed by atoms with Crippen molar-refractivity contribution < 1.29 is 4.79 Å². The van der Waals surface area contributed by atoms with Crippen LogP contribution in [0.1, 0.15) is 42.8 Å². The second-order valence-corrected chi connectivity index (χ2v) is 6.87. The fraction of sp³-hybridized carbons (Fsp3) is 0.167. The topological polar surface area (TPSA) is 34.9 Å². The van der Waals surface area contributed by atoms with Crippen LogP contribution in [0.25, 0.3) is 11.0 Å². The van der Waals surface area contributed by atoms with E-state index in [0.29, 0.717) is 0 Å². The maximum absolute atomic E-state index is 12.3. The lowest BCUT2D eigenvalue weighted by molar-refractivity contribution is -0.119. The van der Waals surface area contributed by atoms with Gasteiger partial charge in [-0.1, -0.05) is 72.8 Å². The Morgan fingerprint density at radius 2 is 1.33 bits per heavy atom. The molecule has 0 fully saturated rings. The van der Waals surface area contributed by atoms with Gasteiger partial charge in [0.25, 0.3) is 0 Å². The second kappa shape index (κ2) is 7.20. The first-order valence-corrected chi connectivity index (χ1v) is 9.24. The molecule has 0 spiro atoms. The summed E-state index contributed by atoms with van der Waals surface area (Å²) < 4.78 is 2.10. The number of carbonyl (C=O) groups is 1. The number of fused-ring (bicyclic) bond motifs is 1. The van der Waals surface area contributed by atoms with Crippen LogP contribution in [0.4, 0.5) is 0 Å². The summed E-state index contributed by atoms with van der Waals surface area (Å²) >= 11 is 0. The van der Waals surface area contributed by atoms with Crippen molar-refractivity contribution in [2.45, 2.75) is 25.8 Å². The van der Waals surface area contributed by atoms with E-state index in [9.17, 15) is 4.79 Å². The largest absolute Gasteiger partial charge is 0.317 e. The Labute approximate surface area is 159 Å². The number of nitrogens with zero attached hydrogens (tertiary/aromatic N) is 2. The summed E-state index contributed by atoms with van der Waals surface area (Å²) in [6.45, 7) is 3.59. The quantitative estimate of drug-likeness (QED) is 0.483. The van der Waals surface area contributed by atoms with Gasteiger partial charge in [-0.3, -0.25) is 4.79 Å². The molecule has 134 valence electrons. The van der Waals surface area contributed by atoms with E-state index in [1.165, 1.54) is 0 Å². The number of rotatable bonds is 5. The average Bonchev–Trinajstić information content (AvgIpc) is 3.08. The van der Waals surface area contributed by atoms with Gasteiger partial charge in [0.15, 0.2) is 5.78 Å². The molecule has 1 aromatic heterocycles. The molecule has 0 N–H and O–H groups in total. The van der Waals surface area contributed by atoms with Crippen LogP contribution in [0, 0.1) is 0 Å². The lowest BCUT2D eigenvalue weighted by Gasteiger charge is -2.22. The second-order valence-electron chi connectivity index (χ2n) is 6.87. The number of benzene rings is 3. The summed E-state index contributed by atoms with van der Waals surface area (Å²) in [4.78, 5) is 17.3. The molecule has 4 rings (SSSR count). The van der Waals surface area contributed by atoms with E-state index >= 15 is 0 Å². The highest BCUT2D eigenvalue weighted by atomic mass is 16.1. The van der Waals surface area contributed by atoms with Gasteiger partial charge < -0.3 is 4.57 Å². The van der Waals surface area contributed by atoms with Crippen molar-refractivity contribution >= 4 is 16.8 Å². The predicted octanol–water partition coefficient (Wildman–Crippen LogP) is 5.37. The molecule has 1 atom stereocenters. The lowest BCUT2D eigenvalue weighted by Crippen LogP contribution is -2.19. The molecule has 4 aromatic rings. The minimum absolute atomic E-state index is 0.0402. The van der Waals surface area contributed by atoms with Crippen molar-refractivity contribution in [3.05, 3.63) is 102 Å². The minimum Gasteiger partial charge on any atom is -0.317 e. The maximum Gasteiger partial charge on any atom is 0.152 e. The van der Waals surface area contributed by atoms with E-state index in [1.54, 1.807) is 6.92 Å². The number of Topliss-reactive ketones (excluding diaryl/α,β-unsaturated/α-hetero) is 1. The molecule has 3 aromatic carbocycles. The fourth-order valence-corrected chi connectivity index (χ4v) is 3.64. The number of carbonyl (C=O) groups excluding carboxylic acids is 1. The van der Waals surface area contributed by atoms with Crippen LogP contribution in [0.2, 0.25) is 0 Å². The molecule has 1 unspecified atom stereocenters. The number of aromatic nitrogens is 2. The van der Waals surface area contributed by atoms with Crippen LogP contribution in [0.15, 0.2) is 84.9 Å². The summed E-state index contributed by atoms with van der Waals surface area (Å²) in [5, 5.41) is 0. The smallest absolute Gasteiger partial charge is 0.152 e. The van der Waals surface area contributed by atoms with Crippen LogP contribution in [0.3, 0.4) is 0 Å². The summed E-state index contributed by atoms with van der Waals surface area (Å²) in [5.41, 5.74) is 4.23. The molecule has 0 aliphatic heterocycles. The highest BCUT2D eigenvalue weighted by Crippen LogP contribution is 2.35. The SMILES string of the molecule is CC(=O)C(C)n1c(C(c2ccccc2)c2ccccc2)nc2ccccc21. The van der Waals surface area contributed by atoms with E-state index in [2.05, 4.69) is 28.8 Å². The molecule has 27 heavy (non-hydrogen) atoms. The van der Waals surface area contributed by atoms with Crippen LogP contribution in [0.5, 0.6) is 0 Å². The molecule has 0 aliphatic rings. The Morgan fingerprint density at radius 1 is 0.815 bits per heavy atom. The molecule has 3 nitrogen and oxygen atoms in total. The minimum atomic E-state index is -0.276. The van der Waals surface area contributed by atoms with Gasteiger partial charge in [0.05, 0.1) is 23.0 Å². The molecule has 0 radical (unpaired) electrons. The van der Waals surface area contributed by atoms with Crippen molar-refractivity contribution in [3.8, 4) is 0 Å². The first-order chi connectivity index (χ1) is 13.2. The third-order valence-corrected chi connectivity index (χ3v) is 5.12. The van der Waals surface area contributed by atoms with E-state index < -0.39 is 0 Å². The third kappa shape index (κ3) is 3.17. The van der Waals surface area contributed by atoms with Crippen LogP contribution in [-0.4, -0.2) is 15.3 Å². The molecule has 1 heterocycles. The van der Waals surface area contributed by atoms with Gasteiger partial charge >= 0.3 is 0 Å². The predicted molar refractivity (Wildman–Crippen MR) is 109 cm³/mol. The summed E-state index contributed by atoms with van der Waals surface area (Å²) in [7, 11) is 0. The first-order valence-electron chi connectivity index (χ1n) is 9.24. The molecule has 0 amide bonds. The summed E-state index contributed by atoms with van der Waals surface area (Å²) in [6, 6.07) is 28.5. The van der Waals surface area contributed by atoms with Gasteiger partial charge in [0, 0.05) is 0 Å². The van der Waals surface area contributed by atoms with Gasteiger partial charge in [-0.15, -0.1) is 0 Å². The monoisotopic (exact) mass is 354 g/mol. The highest BCUT2D eigenvalue weighted by Gasteiger charge is 2.27. The van der Waals surface area contributed by atoms with E-state index in [-0.39, 0.29) is 17.7 Å². The van der Waals surface area contributed by atoms with E-state index in [1.807, 2.05) is 67.6 Å². The van der Waals surface area contributed by atoms with Crippen LogP contribution in [-0.2, 0) is 4.79 Å². The van der Waals surface area contributed by atoms with Gasteiger partial charge in [0.1, 0.15) is 5.82 Å². The van der Waals surface area contributed by atoms with Crippen molar-refractivity contribution in [2.24, 2.45) is 0 Å². The molecule has 3 heteroatoms. The zero-order valence-electron chi connectivity index (χ0n) is 15.5. The van der Waals surface area contributed by atoms with Gasteiger partial charge in [-0.05, 0) is 37.1 Å². The molecular weight excluding hydrogens is 332 g/mol. The zero-order valence-corrected chi connectivity index (χ0v) is 15.5. The molecule has 0 saturated carbocycles. The lowest BCUT2D eigenvalue weighted by atomic mass is 9.90. The number of imidazole rings is 1. The molecule has 0 bridgehead atoms. The van der Waals surface area contributed by atoms with Crippen LogP contribution >= 0.6 is 0 Å². The number of ketones is 1. The first kappa shape index (κ1) is 17.2. The van der Waals surface area contributed by atoms with E-state index in [0.717, 1.165) is 28.0 Å². The molecule has 0 aliphatic carbocycles. The standard InChI is InChI=1S/C24H22N2O/c1-17(18(2)27)26-22-16-10-9-15-21(22)25-24(26)23(19-11-5-3-6-12-19)20-13-7-4-8-14-20/h3-17,23H,1-2H3. The van der Waals surface area contributed by atoms with Gasteiger partial charge in [-0.25, -0.2) is 4.98 Å². The maximum atomic E-state index is 12.3. The van der Waals surface area contributed by atoms with Crippen molar-refractivity contribution in [1.82, 2.24) is 9.55 Å². The Bertz CT molecular complexity index is 1030. The third-order valence-electron chi connectivity index (χ3n) is 5.12. The Balaban J connectivity index is 2.02. The van der Waals surface area contributed by atoms with Gasteiger partial charge in [-0.2, -0.15) is 0 Å². The fourth-order valence-electron chi connectivity index (χ4n) is 3.64. The van der Waals surface area contributed by atoms with Gasteiger partial charge in [0.2, 0.25) is 0 Å². The molecular formula is C24H22N2O.